The fraction of sp³-hybridized carbons (Fsp3) is 0.667. The number of ether oxygens (including phenoxy) is 9. The van der Waals surface area contributed by atoms with Crippen LogP contribution in [0.4, 0.5) is 0 Å². The average molecular weight is 794 g/mol. The monoisotopic (exact) mass is 793 g/mol. The molecule has 3 saturated heterocycles. The van der Waals surface area contributed by atoms with Gasteiger partial charge in [0.15, 0.2) is 34.6 Å². The maximum absolute atomic E-state index is 11.1. The van der Waals surface area contributed by atoms with E-state index in [-0.39, 0.29) is 18.6 Å². The number of hydrogen-bond acceptors (Lipinski definition) is 14. The molecule has 0 aromatic heterocycles. The van der Waals surface area contributed by atoms with E-state index in [0.29, 0.717) is 11.5 Å². The number of nitrogens with zero attached hydrogens (tertiary/aromatic N) is 2. The number of methoxy groups -OCH3 is 4. The Bertz CT molecular complexity index is 1750. The first-order valence-corrected chi connectivity index (χ1v) is 19.8. The number of nitriles is 1. The molecule has 3 aliphatic rings. The second-order valence-corrected chi connectivity index (χ2v) is 16.4. The van der Waals surface area contributed by atoms with E-state index in [1.807, 2.05) is 30.3 Å². The first kappa shape index (κ1) is 44.5. The molecule has 1 unspecified atom stereocenters. The van der Waals surface area contributed by atoms with Crippen molar-refractivity contribution in [2.24, 2.45) is 11.1 Å². The number of rotatable bonds is 16. The topological polar surface area (TPSA) is 179 Å². The van der Waals surface area contributed by atoms with Gasteiger partial charge in [0.25, 0.3) is 0 Å². The molecule has 5 atom stereocenters. The summed E-state index contributed by atoms with van der Waals surface area (Å²) < 4.78 is 77.5. The van der Waals surface area contributed by atoms with Crippen molar-refractivity contribution in [3.8, 4) is 29.1 Å². The van der Waals surface area contributed by atoms with Gasteiger partial charge in [0.1, 0.15) is 24.9 Å². The van der Waals surface area contributed by atoms with Gasteiger partial charge in [-0.05, 0) is 102 Å². The van der Waals surface area contributed by atoms with Crippen molar-refractivity contribution in [2.75, 3.05) is 61.8 Å². The summed E-state index contributed by atoms with van der Waals surface area (Å²) in [7, 11) is 4.53. The van der Waals surface area contributed by atoms with Crippen molar-refractivity contribution in [1.82, 2.24) is 4.90 Å². The number of hydrogen-bond donors (Lipinski definition) is 1. The maximum atomic E-state index is 11.1. The zero-order valence-electron chi connectivity index (χ0n) is 34.0. The largest absolute Gasteiger partial charge is 0.493 e. The third kappa shape index (κ3) is 10.8. The molecule has 3 aliphatic heterocycles. The predicted molar refractivity (Wildman–Crippen MR) is 203 cm³/mol. The van der Waals surface area contributed by atoms with Gasteiger partial charge >= 0.3 is 10.3 Å². The lowest BCUT2D eigenvalue weighted by atomic mass is 9.69. The van der Waals surface area contributed by atoms with Crippen LogP contribution in [0.3, 0.4) is 0 Å². The van der Waals surface area contributed by atoms with Crippen LogP contribution in [0.25, 0.3) is 0 Å². The highest BCUT2D eigenvalue weighted by atomic mass is 32.2. The van der Waals surface area contributed by atoms with E-state index in [1.54, 1.807) is 56.1 Å². The third-order valence-corrected chi connectivity index (χ3v) is 10.6. The SMILES string of the molecule is CC1(C)O[C@@H]2[C@@H](CO[C@@]3(COS(N)(=O)=O)OC(C)(C)O[C@@H]23)O1.COc1ccc(CCN(C)CCCC(C#N)(c2ccc(OC)c(OC)c2)C(C)C)cc1OC. The van der Waals surface area contributed by atoms with Crippen molar-refractivity contribution in [2.45, 2.75) is 102 Å². The second kappa shape index (κ2) is 17.9. The lowest BCUT2D eigenvalue weighted by molar-refractivity contribution is -0.290. The van der Waals surface area contributed by atoms with Gasteiger partial charge in [-0.25, -0.2) is 5.14 Å². The lowest BCUT2D eigenvalue weighted by Crippen LogP contribution is -2.60. The highest BCUT2D eigenvalue weighted by molar-refractivity contribution is 7.84. The van der Waals surface area contributed by atoms with Crippen molar-refractivity contribution in [3.63, 3.8) is 0 Å². The normalized spacial score (nSPS) is 24.9. The first-order valence-electron chi connectivity index (χ1n) is 18.3. The van der Waals surface area contributed by atoms with Crippen LogP contribution in [0.2, 0.25) is 0 Å². The molecule has 0 spiro atoms. The number of fused-ring (bicyclic) bond motifs is 3. The van der Waals surface area contributed by atoms with E-state index in [1.165, 1.54) is 5.56 Å². The molecule has 2 N–H and O–H groups in total. The Morgan fingerprint density at radius 1 is 0.909 bits per heavy atom. The summed E-state index contributed by atoms with van der Waals surface area (Å²) in [5.74, 6) is -0.203. The zero-order chi connectivity index (χ0) is 40.8. The molecule has 2 aromatic carbocycles. The van der Waals surface area contributed by atoms with Crippen LogP contribution in [0, 0.1) is 17.2 Å². The highest BCUT2D eigenvalue weighted by Gasteiger charge is 2.65. The second-order valence-electron chi connectivity index (χ2n) is 15.2. The van der Waals surface area contributed by atoms with Gasteiger partial charge in [-0.2, -0.15) is 13.7 Å². The Labute approximate surface area is 326 Å². The van der Waals surface area contributed by atoms with Crippen molar-refractivity contribution in [1.29, 1.82) is 5.26 Å². The minimum absolute atomic E-state index is 0.165. The molecule has 16 heteroatoms. The Morgan fingerprint density at radius 2 is 1.53 bits per heavy atom. The van der Waals surface area contributed by atoms with Crippen LogP contribution in [0.1, 0.15) is 65.5 Å². The minimum atomic E-state index is -4.14. The fourth-order valence-electron chi connectivity index (χ4n) is 7.34. The lowest BCUT2D eigenvalue weighted by Gasteiger charge is -2.40. The first-order chi connectivity index (χ1) is 25.8. The maximum Gasteiger partial charge on any atom is 0.333 e. The fourth-order valence-corrected chi connectivity index (χ4v) is 7.67. The van der Waals surface area contributed by atoms with Gasteiger partial charge in [-0.1, -0.05) is 26.0 Å². The number of nitrogens with two attached hydrogens (primary N) is 1. The highest BCUT2D eigenvalue weighted by Crippen LogP contribution is 2.48. The molecule has 0 radical (unpaired) electrons. The zero-order valence-corrected chi connectivity index (χ0v) is 34.8. The van der Waals surface area contributed by atoms with E-state index in [0.717, 1.165) is 49.4 Å². The average Bonchev–Trinajstić information content (AvgIpc) is 3.61. The molecular formula is C39H59N3O12S. The summed E-state index contributed by atoms with van der Waals surface area (Å²) in [6, 6.07) is 14.5. The predicted octanol–water partition coefficient (Wildman–Crippen LogP) is 4.70. The van der Waals surface area contributed by atoms with E-state index in [9.17, 15) is 13.7 Å². The molecule has 0 amide bonds. The molecule has 308 valence electrons. The summed E-state index contributed by atoms with van der Waals surface area (Å²) in [6.07, 6.45) is 1.11. The standard InChI is InChI=1S/C27H38N2O4.C12H21NO8S/c1-20(2)27(19-28,22-10-12-24(31-5)26(18-22)33-7)14-8-15-29(3)16-13-21-9-11-23(30-4)25(17-21)32-6;1-10(2)18-7-5-16-12(6-17-22(13,14)15)9(8(7)19-10)20-11(3,4)21-12/h9-12,17-18,20H,8,13-16H2,1-7H3;7-9H,5-6H2,1-4H3,(H2,13,14,15)/t;7-,8-,9+,12+/m.1/s1. The Balaban J connectivity index is 0.000000264. The quantitative estimate of drug-likeness (QED) is 0.247. The van der Waals surface area contributed by atoms with E-state index in [4.69, 9.17) is 52.0 Å². The minimum Gasteiger partial charge on any atom is -0.493 e. The van der Waals surface area contributed by atoms with Gasteiger partial charge in [0.2, 0.25) is 5.79 Å². The van der Waals surface area contributed by atoms with E-state index in [2.05, 4.69) is 37.9 Å². The molecule has 2 aromatic rings. The van der Waals surface area contributed by atoms with E-state index < -0.39 is 51.9 Å². The van der Waals surface area contributed by atoms with Crippen LogP contribution in [-0.2, 0) is 50.0 Å². The summed E-state index contributed by atoms with van der Waals surface area (Å²) >= 11 is 0. The molecule has 0 bridgehead atoms. The molecule has 55 heavy (non-hydrogen) atoms. The molecule has 0 saturated carbocycles. The summed E-state index contributed by atoms with van der Waals surface area (Å²) in [6.45, 7) is 12.8. The molecule has 5 rings (SSSR count). The number of benzene rings is 2. The summed E-state index contributed by atoms with van der Waals surface area (Å²) in [4.78, 5) is 2.31. The van der Waals surface area contributed by atoms with Crippen molar-refractivity contribution >= 4 is 10.3 Å². The van der Waals surface area contributed by atoms with Crippen molar-refractivity contribution in [3.05, 3.63) is 47.5 Å². The van der Waals surface area contributed by atoms with Crippen LogP contribution < -0.4 is 24.1 Å². The van der Waals surface area contributed by atoms with Crippen LogP contribution in [0.5, 0.6) is 23.0 Å². The van der Waals surface area contributed by atoms with Crippen molar-refractivity contribution < 1.29 is 55.2 Å². The molecule has 15 nitrogen and oxygen atoms in total. The molecule has 3 fully saturated rings. The van der Waals surface area contributed by atoms with Crippen LogP contribution >= 0.6 is 0 Å². The summed E-state index contributed by atoms with van der Waals surface area (Å²) in [5.41, 5.74) is 1.60. The van der Waals surface area contributed by atoms with E-state index >= 15 is 0 Å². The summed E-state index contributed by atoms with van der Waals surface area (Å²) in [5, 5.41) is 15.1. The van der Waals surface area contributed by atoms with Gasteiger partial charge in [0, 0.05) is 6.54 Å². The van der Waals surface area contributed by atoms with Crippen LogP contribution in [0.15, 0.2) is 36.4 Å². The van der Waals surface area contributed by atoms with Gasteiger partial charge in [0.05, 0.1) is 46.5 Å². The van der Waals surface area contributed by atoms with Gasteiger partial charge in [-0.3, -0.25) is 4.18 Å². The Kier molecular flexibility index (Phi) is 14.5. The van der Waals surface area contributed by atoms with Crippen LogP contribution in [-0.4, -0.2) is 111 Å². The number of likely N-dealkylation sites (N-methyl/N-ethyl adjacent to an activating group) is 1. The molecule has 0 aliphatic carbocycles. The third-order valence-electron chi connectivity index (χ3n) is 10.1. The Hall–Kier alpha value is -3.24. The molecule has 3 heterocycles. The smallest absolute Gasteiger partial charge is 0.333 e. The Morgan fingerprint density at radius 3 is 2.11 bits per heavy atom. The molecular weight excluding hydrogens is 735 g/mol. The van der Waals surface area contributed by atoms with Gasteiger partial charge in [-0.15, -0.1) is 0 Å². The van der Waals surface area contributed by atoms with Gasteiger partial charge < -0.3 is 47.5 Å².